The molecule has 1 heterocycles. The molecule has 4 nitrogen and oxygen atoms in total. The van der Waals surface area contributed by atoms with Crippen molar-refractivity contribution in [2.24, 2.45) is 11.1 Å². The number of nitrogens with two attached hydrogens (primary N) is 1. The van der Waals surface area contributed by atoms with Crippen molar-refractivity contribution in [1.29, 1.82) is 0 Å². The molecule has 0 spiro atoms. The van der Waals surface area contributed by atoms with Gasteiger partial charge in [-0.15, -0.1) is 0 Å². The van der Waals surface area contributed by atoms with Crippen molar-refractivity contribution in [3.8, 4) is 0 Å². The number of carbonyl (C=O) groups is 1. The number of benzene rings is 1. The number of hydrogen-bond donors (Lipinski definition) is 2. The number of nitrogens with zero attached hydrogens (tertiary/aromatic N) is 1. The third-order valence-corrected chi connectivity index (χ3v) is 3.57. The third kappa shape index (κ3) is 4.04. The second-order valence-corrected chi connectivity index (χ2v) is 6.08. The molecular formula is C15H23N3O. The summed E-state index contributed by atoms with van der Waals surface area (Å²) < 4.78 is 0. The summed E-state index contributed by atoms with van der Waals surface area (Å²) in [4.78, 5) is 14.2. The van der Waals surface area contributed by atoms with E-state index in [1.54, 1.807) is 0 Å². The van der Waals surface area contributed by atoms with Gasteiger partial charge in [0.1, 0.15) is 0 Å². The average molecular weight is 261 g/mol. The molecule has 2 rings (SSSR count). The quantitative estimate of drug-likeness (QED) is 0.869. The van der Waals surface area contributed by atoms with Gasteiger partial charge < -0.3 is 11.1 Å². The minimum atomic E-state index is 0.0480. The van der Waals surface area contributed by atoms with Gasteiger partial charge in [-0.2, -0.15) is 0 Å². The maximum Gasteiger partial charge on any atom is 0.238 e. The molecule has 3 N–H and O–H groups in total. The number of likely N-dealkylation sites (tertiary alicyclic amines) is 1. The van der Waals surface area contributed by atoms with Crippen molar-refractivity contribution in [3.05, 3.63) is 29.8 Å². The van der Waals surface area contributed by atoms with E-state index < -0.39 is 0 Å². The lowest BCUT2D eigenvalue weighted by atomic mass is 9.93. The van der Waals surface area contributed by atoms with Crippen LogP contribution in [0.2, 0.25) is 0 Å². The lowest BCUT2D eigenvalue weighted by Crippen LogP contribution is -2.32. The first-order valence-electron chi connectivity index (χ1n) is 6.80. The number of amides is 1. The van der Waals surface area contributed by atoms with Crippen LogP contribution in [0.1, 0.15) is 25.8 Å². The number of carbonyl (C=O) groups excluding carboxylic acids is 1. The van der Waals surface area contributed by atoms with Crippen LogP contribution in [0.4, 0.5) is 5.69 Å². The number of hydrogen-bond acceptors (Lipinski definition) is 3. The van der Waals surface area contributed by atoms with E-state index in [0.717, 1.165) is 30.8 Å². The Morgan fingerprint density at radius 2 is 2.26 bits per heavy atom. The SMILES string of the molecule is CC1(C)CCN(CC(=O)Nc2cccc(CN)c2)C1. The maximum absolute atomic E-state index is 12.0. The Balaban J connectivity index is 1.87. The monoisotopic (exact) mass is 261 g/mol. The van der Waals surface area contributed by atoms with Crippen LogP contribution in [0, 0.1) is 5.41 Å². The fraction of sp³-hybridized carbons (Fsp3) is 0.533. The summed E-state index contributed by atoms with van der Waals surface area (Å²) in [5, 5.41) is 2.93. The first-order chi connectivity index (χ1) is 8.98. The summed E-state index contributed by atoms with van der Waals surface area (Å²) in [6, 6.07) is 7.69. The molecule has 104 valence electrons. The molecule has 1 aromatic rings. The summed E-state index contributed by atoms with van der Waals surface area (Å²) in [6.45, 7) is 7.44. The van der Waals surface area contributed by atoms with Gasteiger partial charge in [0.05, 0.1) is 6.54 Å². The highest BCUT2D eigenvalue weighted by Crippen LogP contribution is 2.28. The largest absolute Gasteiger partial charge is 0.326 e. The van der Waals surface area contributed by atoms with Gasteiger partial charge in [-0.25, -0.2) is 0 Å². The maximum atomic E-state index is 12.0. The van der Waals surface area contributed by atoms with E-state index in [1.807, 2.05) is 24.3 Å². The zero-order valence-corrected chi connectivity index (χ0v) is 11.8. The zero-order chi connectivity index (χ0) is 13.9. The van der Waals surface area contributed by atoms with Gasteiger partial charge in [0.25, 0.3) is 0 Å². The Morgan fingerprint density at radius 1 is 1.47 bits per heavy atom. The molecule has 19 heavy (non-hydrogen) atoms. The predicted molar refractivity (Wildman–Crippen MR) is 77.8 cm³/mol. The van der Waals surface area contributed by atoms with Gasteiger partial charge >= 0.3 is 0 Å². The molecule has 0 saturated carbocycles. The Bertz CT molecular complexity index is 456. The minimum Gasteiger partial charge on any atom is -0.326 e. The van der Waals surface area contributed by atoms with E-state index in [1.165, 1.54) is 0 Å². The van der Waals surface area contributed by atoms with Crippen LogP contribution in [0.25, 0.3) is 0 Å². The summed E-state index contributed by atoms with van der Waals surface area (Å²) in [5.41, 5.74) is 7.78. The molecule has 1 aliphatic rings. The molecule has 0 unspecified atom stereocenters. The topological polar surface area (TPSA) is 58.4 Å². The second kappa shape index (κ2) is 5.72. The Morgan fingerprint density at radius 3 is 2.89 bits per heavy atom. The first kappa shape index (κ1) is 14.0. The van der Waals surface area contributed by atoms with Crippen molar-refractivity contribution in [1.82, 2.24) is 4.90 Å². The molecule has 1 aromatic carbocycles. The van der Waals surface area contributed by atoms with E-state index in [-0.39, 0.29) is 5.91 Å². The summed E-state index contributed by atoms with van der Waals surface area (Å²) in [6.07, 6.45) is 1.16. The zero-order valence-electron chi connectivity index (χ0n) is 11.8. The normalized spacial score (nSPS) is 18.5. The second-order valence-electron chi connectivity index (χ2n) is 6.08. The Labute approximate surface area is 115 Å². The van der Waals surface area contributed by atoms with Crippen LogP contribution in [0.15, 0.2) is 24.3 Å². The molecule has 0 aromatic heterocycles. The number of anilines is 1. The van der Waals surface area contributed by atoms with E-state index >= 15 is 0 Å². The standard InChI is InChI=1S/C15H23N3O/c1-15(2)6-7-18(11-15)10-14(19)17-13-5-3-4-12(8-13)9-16/h3-5,8H,6-7,9-11,16H2,1-2H3,(H,17,19). The van der Waals surface area contributed by atoms with Gasteiger partial charge in [-0.3, -0.25) is 9.69 Å². The molecule has 1 aliphatic heterocycles. The average Bonchev–Trinajstić information content (AvgIpc) is 2.68. The molecule has 0 aliphatic carbocycles. The van der Waals surface area contributed by atoms with Crippen LogP contribution in [0.3, 0.4) is 0 Å². The van der Waals surface area contributed by atoms with Crippen molar-refractivity contribution >= 4 is 11.6 Å². The van der Waals surface area contributed by atoms with Crippen LogP contribution < -0.4 is 11.1 Å². The highest BCUT2D eigenvalue weighted by Gasteiger charge is 2.29. The van der Waals surface area contributed by atoms with Crippen molar-refractivity contribution in [3.63, 3.8) is 0 Å². The fourth-order valence-corrected chi connectivity index (χ4v) is 2.54. The lowest BCUT2D eigenvalue weighted by Gasteiger charge is -2.19. The molecule has 1 fully saturated rings. The van der Waals surface area contributed by atoms with E-state index in [9.17, 15) is 4.79 Å². The first-order valence-corrected chi connectivity index (χ1v) is 6.80. The van der Waals surface area contributed by atoms with Gasteiger partial charge in [0, 0.05) is 18.8 Å². The smallest absolute Gasteiger partial charge is 0.238 e. The van der Waals surface area contributed by atoms with E-state index in [0.29, 0.717) is 18.5 Å². The fourth-order valence-electron chi connectivity index (χ4n) is 2.54. The number of nitrogens with one attached hydrogen (secondary N) is 1. The minimum absolute atomic E-state index is 0.0480. The van der Waals surface area contributed by atoms with Gasteiger partial charge in [0.15, 0.2) is 0 Å². The highest BCUT2D eigenvalue weighted by atomic mass is 16.2. The Hall–Kier alpha value is -1.39. The molecule has 1 amide bonds. The molecular weight excluding hydrogens is 238 g/mol. The molecule has 0 bridgehead atoms. The highest BCUT2D eigenvalue weighted by molar-refractivity contribution is 5.92. The van der Waals surface area contributed by atoms with Gasteiger partial charge in [0.2, 0.25) is 5.91 Å². The predicted octanol–water partition coefficient (Wildman–Crippen LogP) is 1.82. The van der Waals surface area contributed by atoms with Crippen molar-refractivity contribution < 1.29 is 4.79 Å². The number of rotatable bonds is 4. The van der Waals surface area contributed by atoms with E-state index in [2.05, 4.69) is 24.1 Å². The summed E-state index contributed by atoms with van der Waals surface area (Å²) in [5.74, 6) is 0.0480. The summed E-state index contributed by atoms with van der Waals surface area (Å²) in [7, 11) is 0. The van der Waals surface area contributed by atoms with Crippen molar-refractivity contribution in [2.75, 3.05) is 25.0 Å². The summed E-state index contributed by atoms with van der Waals surface area (Å²) >= 11 is 0. The molecule has 0 atom stereocenters. The molecule has 0 radical (unpaired) electrons. The third-order valence-electron chi connectivity index (χ3n) is 3.57. The van der Waals surface area contributed by atoms with Gasteiger partial charge in [-0.05, 0) is 36.1 Å². The lowest BCUT2D eigenvalue weighted by molar-refractivity contribution is -0.117. The van der Waals surface area contributed by atoms with Crippen LogP contribution in [-0.2, 0) is 11.3 Å². The molecule has 4 heteroatoms. The van der Waals surface area contributed by atoms with Crippen LogP contribution in [0.5, 0.6) is 0 Å². The van der Waals surface area contributed by atoms with Crippen LogP contribution >= 0.6 is 0 Å². The van der Waals surface area contributed by atoms with Crippen molar-refractivity contribution in [2.45, 2.75) is 26.8 Å². The van der Waals surface area contributed by atoms with E-state index in [4.69, 9.17) is 5.73 Å². The van der Waals surface area contributed by atoms with Gasteiger partial charge in [-0.1, -0.05) is 26.0 Å². The molecule has 1 saturated heterocycles. The van der Waals surface area contributed by atoms with Crippen LogP contribution in [-0.4, -0.2) is 30.4 Å². The Kier molecular flexibility index (Phi) is 4.22.